The number of amides is 10. The van der Waals surface area contributed by atoms with E-state index < -0.39 is 139 Å². The molecular weight excluding hydrogens is 1360 g/mol. The van der Waals surface area contributed by atoms with Crippen LogP contribution in [-0.2, 0) is 84.8 Å². The van der Waals surface area contributed by atoms with E-state index in [9.17, 15) is 58.5 Å². The molecule has 6 aromatic carbocycles. The van der Waals surface area contributed by atoms with Crippen molar-refractivity contribution in [1.82, 2.24) is 52.3 Å². The van der Waals surface area contributed by atoms with Gasteiger partial charge in [-0.1, -0.05) is 146 Å². The largest absolute Gasteiger partial charge is 0.508 e. The fraction of sp³-hybridized carbons (Fsp3) is 0.382. The number of carbonyl (C=O) groups is 11. The molecule has 1 fully saturated rings. The van der Waals surface area contributed by atoms with E-state index in [1.54, 1.807) is 103 Å². The summed E-state index contributed by atoms with van der Waals surface area (Å²) in [5.74, 6) is -9.64. The van der Waals surface area contributed by atoms with Gasteiger partial charge in [0.05, 0.1) is 12.6 Å². The molecule has 30 nitrogen and oxygen atoms in total. The Morgan fingerprint density at radius 1 is 0.500 bits per heavy atom. The molecule has 0 unspecified atom stereocenters. The lowest BCUT2D eigenvalue weighted by Crippen LogP contribution is -2.61. The summed E-state index contributed by atoms with van der Waals surface area (Å²) < 4.78 is 0. The average Bonchev–Trinajstić information content (AvgIpc) is 1.38. The molecule has 10 amide bonds. The van der Waals surface area contributed by atoms with Gasteiger partial charge in [-0.25, -0.2) is 0 Å². The van der Waals surface area contributed by atoms with Gasteiger partial charge >= 0.3 is 5.97 Å². The van der Waals surface area contributed by atoms with Crippen molar-refractivity contribution < 1.29 is 68.1 Å². The van der Waals surface area contributed by atoms with E-state index >= 15 is 9.59 Å². The van der Waals surface area contributed by atoms with Crippen LogP contribution in [0.2, 0.25) is 0 Å². The quantitative estimate of drug-likeness (QED) is 0.0141. The molecule has 0 bridgehead atoms. The molecule has 0 aromatic heterocycles. The highest BCUT2D eigenvalue weighted by Crippen LogP contribution is 2.23. The summed E-state index contributed by atoms with van der Waals surface area (Å²) in [7, 11) is 0. The summed E-state index contributed by atoms with van der Waals surface area (Å²) in [5, 5.41) is 54.6. The van der Waals surface area contributed by atoms with Gasteiger partial charge in [0, 0.05) is 65.7 Å². The highest BCUT2D eigenvalue weighted by atomic mass is 16.4. The monoisotopic (exact) mass is 1460 g/mol. The Morgan fingerprint density at radius 3 is 1.42 bits per heavy atom. The molecule has 0 spiro atoms. The van der Waals surface area contributed by atoms with Gasteiger partial charge in [0.25, 0.3) is 0 Å². The van der Waals surface area contributed by atoms with Crippen molar-refractivity contribution in [3.8, 4) is 5.75 Å². The number of guanidine groups is 2. The van der Waals surface area contributed by atoms with Crippen LogP contribution in [0.15, 0.2) is 168 Å². The molecule has 7 rings (SSSR count). The molecule has 1 aliphatic heterocycles. The first-order valence-corrected chi connectivity index (χ1v) is 35.0. The molecule has 6 aromatic rings. The minimum absolute atomic E-state index is 0.0341. The number of rotatable bonds is 39. The first kappa shape index (κ1) is 81.3. The number of carbonyl (C=O) groups excluding carboxylic acids is 10. The molecule has 0 aliphatic carbocycles. The number of phenols is 1. The number of nitrogens with two attached hydrogens (primary N) is 4. The Balaban J connectivity index is 1.17. The second-order valence-corrected chi connectivity index (χ2v) is 26.1. The van der Waals surface area contributed by atoms with Crippen molar-refractivity contribution in [3.05, 3.63) is 186 Å². The van der Waals surface area contributed by atoms with Crippen LogP contribution >= 0.6 is 0 Å². The van der Waals surface area contributed by atoms with E-state index in [-0.39, 0.29) is 102 Å². The lowest BCUT2D eigenvalue weighted by atomic mass is 9.99. The molecule has 106 heavy (non-hydrogen) atoms. The maximum Gasteiger partial charge on any atom is 0.325 e. The van der Waals surface area contributed by atoms with Gasteiger partial charge in [0.1, 0.15) is 60.1 Å². The summed E-state index contributed by atoms with van der Waals surface area (Å²) in [4.78, 5) is 167. The number of carboxylic acid groups (broad SMARTS) is 1. The van der Waals surface area contributed by atoms with Crippen molar-refractivity contribution in [2.24, 2.45) is 32.9 Å². The Bertz CT molecular complexity index is 4050. The van der Waals surface area contributed by atoms with Crippen LogP contribution in [0.4, 0.5) is 0 Å². The van der Waals surface area contributed by atoms with Crippen molar-refractivity contribution in [2.75, 3.05) is 32.8 Å². The van der Waals surface area contributed by atoms with E-state index in [0.717, 1.165) is 21.2 Å². The first-order chi connectivity index (χ1) is 50.7. The van der Waals surface area contributed by atoms with E-state index in [0.29, 0.717) is 28.7 Å². The predicted molar refractivity (Wildman–Crippen MR) is 397 cm³/mol. The number of likely N-dealkylation sites (tertiary alicyclic amines) is 1. The number of aliphatic imine (C=N–C) groups is 2. The molecule has 19 N–H and O–H groups in total. The lowest BCUT2D eigenvalue weighted by molar-refractivity contribution is -0.145. The number of nitrogens with one attached hydrogen (secondary N) is 8. The van der Waals surface area contributed by atoms with Gasteiger partial charge in [-0.15, -0.1) is 0 Å². The standard InChI is InChI=1S/C76H96N16O14/c1-46(74(105)106)83-71(102)64-28-17-37-91(64)73(104)58(26-15-35-81-75(77)78)86-67(98)62(42-51-22-11-6-12-23-51)89-72(103)65(27-16-36-82-76(79)80)92(48(3)95)44-56(39-52-30-33-57(96)34-31-52)85-70(101)63(45-93)90-69(100)61(41-50-20-9-5-10-21-50)88-68(99)60(40-49-18-7-4-8-19-49)87-66(97)59(84-47(2)94)43-53-29-32-54-24-13-14-25-55(54)38-53/h4-14,18-25,29-34,38,46,56,58-65,93,96H,15-17,26-28,35-37,39-45H2,1-3H3,(H,83,102)(H,84,94)(H,85,101)(H,86,98)(H,87,97)(H,88,99)(H,89,103)(H,90,100)(H,105,106)(H4,77,78,81)(H4,79,80,82)/t46-,56-,58-,59-,60-,61-,62-,63-,64+,65-/m0/s1. The Labute approximate surface area is 614 Å². The first-order valence-electron chi connectivity index (χ1n) is 35.0. The van der Waals surface area contributed by atoms with E-state index in [4.69, 9.17) is 22.9 Å². The predicted octanol–water partition coefficient (Wildman–Crippen LogP) is 0.369. The van der Waals surface area contributed by atoms with Crippen LogP contribution in [0.3, 0.4) is 0 Å². The van der Waals surface area contributed by atoms with E-state index in [1.807, 2.05) is 42.5 Å². The third-order valence-corrected chi connectivity index (χ3v) is 17.8. The SMILES string of the molecule is CC(=O)N[C@@H](Cc1ccc2ccccc2c1)C(=O)N[C@@H](Cc1ccccc1)C(=O)N[C@@H](Cc1ccccc1)C(=O)N[C@@H](CO)C(=O)N[C@@H](Cc1ccc(O)cc1)CN(C(C)=O)[C@@H](CCCN=C(N)N)C(=O)N[C@@H](Cc1ccccc1)C(=O)N[C@@H](CCCN=C(N)N)C(=O)N1CCC[C@@H]1C(=O)N[C@@H](C)C(=O)O. The fourth-order valence-corrected chi connectivity index (χ4v) is 12.4. The zero-order valence-corrected chi connectivity index (χ0v) is 59.5. The second-order valence-electron chi connectivity index (χ2n) is 26.1. The number of nitrogens with zero attached hydrogens (tertiary/aromatic N) is 4. The van der Waals surface area contributed by atoms with Crippen LogP contribution in [0, 0.1) is 0 Å². The molecule has 0 saturated carbocycles. The van der Waals surface area contributed by atoms with E-state index in [2.05, 4.69) is 52.5 Å². The Hall–Kier alpha value is -11.9. The summed E-state index contributed by atoms with van der Waals surface area (Å²) >= 11 is 0. The smallest absolute Gasteiger partial charge is 0.325 e. The molecule has 564 valence electrons. The van der Waals surface area contributed by atoms with Gasteiger partial charge in [-0.05, 0) is 103 Å². The van der Waals surface area contributed by atoms with Gasteiger partial charge in [0.15, 0.2) is 11.9 Å². The van der Waals surface area contributed by atoms with Gasteiger partial charge in [-0.3, -0.25) is 62.7 Å². The molecule has 10 atom stereocenters. The topological polar surface area (TPSA) is 480 Å². The maximum absolute atomic E-state index is 15.4. The van der Waals surface area contributed by atoms with Crippen molar-refractivity contribution in [2.45, 2.75) is 152 Å². The summed E-state index contributed by atoms with van der Waals surface area (Å²) in [6, 6.07) is 31.5. The molecule has 1 aliphatic rings. The Morgan fingerprint density at radius 2 is 0.934 bits per heavy atom. The highest BCUT2D eigenvalue weighted by Gasteiger charge is 2.41. The van der Waals surface area contributed by atoms with Gasteiger partial charge in [-0.2, -0.15) is 0 Å². The number of aliphatic carboxylic acids is 1. The van der Waals surface area contributed by atoms with E-state index in [1.165, 1.54) is 37.8 Å². The number of carboxylic acids is 1. The number of benzene rings is 6. The summed E-state index contributed by atoms with van der Waals surface area (Å²) in [6.07, 6.45) is 0.106. The fourth-order valence-electron chi connectivity index (χ4n) is 12.4. The number of aromatic hydroxyl groups is 1. The number of phenolic OH excluding ortho intramolecular Hbond substituents is 1. The van der Waals surface area contributed by atoms with Crippen molar-refractivity contribution in [3.63, 3.8) is 0 Å². The molecule has 0 radical (unpaired) electrons. The number of aliphatic hydroxyl groups excluding tert-OH is 1. The van der Waals surface area contributed by atoms with Crippen LogP contribution in [0.5, 0.6) is 5.75 Å². The minimum Gasteiger partial charge on any atom is -0.508 e. The number of hydrogen-bond acceptors (Lipinski definition) is 15. The average molecular weight is 1460 g/mol. The summed E-state index contributed by atoms with van der Waals surface area (Å²) in [6.45, 7) is 2.34. The minimum atomic E-state index is -1.75. The third kappa shape index (κ3) is 25.8. The van der Waals surface area contributed by atoms with Gasteiger partial charge < -0.3 is 90.6 Å². The second kappa shape index (κ2) is 40.8. The maximum atomic E-state index is 15.4. The molecule has 1 heterocycles. The summed E-state index contributed by atoms with van der Waals surface area (Å²) in [5.41, 5.74) is 25.6. The molecule has 30 heteroatoms. The van der Waals surface area contributed by atoms with Crippen LogP contribution < -0.4 is 65.5 Å². The van der Waals surface area contributed by atoms with Crippen molar-refractivity contribution in [1.29, 1.82) is 0 Å². The third-order valence-electron chi connectivity index (χ3n) is 17.8. The zero-order valence-electron chi connectivity index (χ0n) is 59.5. The van der Waals surface area contributed by atoms with Crippen LogP contribution in [0.25, 0.3) is 10.8 Å². The Kier molecular flexibility index (Phi) is 31.3. The normalized spacial score (nSPS) is 15.0. The van der Waals surface area contributed by atoms with Gasteiger partial charge in [0.2, 0.25) is 59.1 Å². The lowest BCUT2D eigenvalue weighted by Gasteiger charge is -2.35. The number of fused-ring (bicyclic) bond motifs is 1. The molecule has 1 saturated heterocycles. The zero-order chi connectivity index (χ0) is 76.8. The highest BCUT2D eigenvalue weighted by molar-refractivity contribution is 5.98. The van der Waals surface area contributed by atoms with Crippen molar-refractivity contribution >= 4 is 87.7 Å². The number of hydrogen-bond donors (Lipinski definition) is 15. The number of aliphatic hydroxyl groups is 1. The van der Waals surface area contributed by atoms with Crippen LogP contribution in [-0.4, -0.2) is 195 Å². The van der Waals surface area contributed by atoms with Crippen LogP contribution in [0.1, 0.15) is 87.1 Å². The molecular formula is C76H96N16O14.